The highest BCUT2D eigenvalue weighted by atomic mass is 31.2. The molecule has 0 bridgehead atoms. The average molecular weight is 290 g/mol. The lowest BCUT2D eigenvalue weighted by atomic mass is 9.86. The average Bonchev–Trinajstić information content (AvgIpc) is 2.21. The number of hydrogen-bond donors (Lipinski definition) is 1. The van der Waals surface area contributed by atoms with E-state index in [1.807, 2.05) is 13.8 Å². The van der Waals surface area contributed by atoms with E-state index in [4.69, 9.17) is 0 Å². The van der Waals surface area contributed by atoms with E-state index in [9.17, 15) is 9.46 Å². The Bertz CT molecular complexity index is 306. The molecule has 0 saturated carbocycles. The molecule has 0 aliphatic carbocycles. The maximum Gasteiger partial charge on any atom is 0.206 e. The standard InChI is InChI=1S/C16H35O2P/c1-8-10-11-16(7,9-2)19(17,18)13-14(3)12-15(4,5)6/h14H,8-13H2,1-7H3,(H,17,18). The summed E-state index contributed by atoms with van der Waals surface area (Å²) in [5.41, 5.74) is 0.228. The van der Waals surface area contributed by atoms with Gasteiger partial charge in [-0.3, -0.25) is 4.57 Å². The molecule has 19 heavy (non-hydrogen) atoms. The first-order valence-electron chi connectivity index (χ1n) is 7.79. The minimum Gasteiger partial charge on any atom is -0.344 e. The Morgan fingerprint density at radius 2 is 1.68 bits per heavy atom. The van der Waals surface area contributed by atoms with Crippen molar-refractivity contribution in [2.24, 2.45) is 11.3 Å². The summed E-state index contributed by atoms with van der Waals surface area (Å²) < 4.78 is 12.8. The largest absolute Gasteiger partial charge is 0.344 e. The second kappa shape index (κ2) is 7.27. The second-order valence-corrected chi connectivity index (χ2v) is 10.6. The van der Waals surface area contributed by atoms with Crippen LogP contribution >= 0.6 is 7.37 Å². The number of hydrogen-bond acceptors (Lipinski definition) is 1. The van der Waals surface area contributed by atoms with Crippen molar-refractivity contribution >= 4 is 7.37 Å². The van der Waals surface area contributed by atoms with E-state index in [0.717, 1.165) is 32.1 Å². The predicted molar refractivity (Wildman–Crippen MR) is 86.1 cm³/mol. The minimum absolute atomic E-state index is 0.228. The first kappa shape index (κ1) is 19.2. The van der Waals surface area contributed by atoms with Crippen LogP contribution in [-0.2, 0) is 4.57 Å². The molecule has 3 unspecified atom stereocenters. The van der Waals surface area contributed by atoms with Crippen LogP contribution in [0.25, 0.3) is 0 Å². The van der Waals surface area contributed by atoms with E-state index < -0.39 is 12.5 Å². The zero-order valence-corrected chi connectivity index (χ0v) is 15.0. The van der Waals surface area contributed by atoms with Gasteiger partial charge in [0.25, 0.3) is 0 Å². The summed E-state index contributed by atoms with van der Waals surface area (Å²) >= 11 is 0. The van der Waals surface area contributed by atoms with Gasteiger partial charge in [0.05, 0.1) is 0 Å². The minimum atomic E-state index is -3.09. The SMILES string of the molecule is CCCCC(C)(CC)P(=O)(O)CC(C)CC(C)(C)C. The fraction of sp³-hybridized carbons (Fsp3) is 1.00. The van der Waals surface area contributed by atoms with Crippen molar-refractivity contribution in [3.05, 3.63) is 0 Å². The Labute approximate surface area is 120 Å². The van der Waals surface area contributed by atoms with Crippen LogP contribution < -0.4 is 0 Å². The van der Waals surface area contributed by atoms with Crippen LogP contribution in [0, 0.1) is 11.3 Å². The summed E-state index contributed by atoms with van der Waals surface area (Å²) in [7, 11) is -3.09. The lowest BCUT2D eigenvalue weighted by molar-refractivity contribution is 0.312. The van der Waals surface area contributed by atoms with Crippen molar-refractivity contribution < 1.29 is 9.46 Å². The summed E-state index contributed by atoms with van der Waals surface area (Å²) in [6.07, 6.45) is 5.28. The Balaban J connectivity index is 4.78. The van der Waals surface area contributed by atoms with Crippen LogP contribution in [0.1, 0.15) is 80.6 Å². The smallest absolute Gasteiger partial charge is 0.206 e. The van der Waals surface area contributed by atoms with Crippen LogP contribution in [0.15, 0.2) is 0 Å². The molecule has 0 heterocycles. The zero-order chi connectivity index (χ0) is 15.3. The monoisotopic (exact) mass is 290 g/mol. The molecular weight excluding hydrogens is 255 g/mol. The van der Waals surface area contributed by atoms with Crippen LogP contribution in [0.3, 0.4) is 0 Å². The van der Waals surface area contributed by atoms with Gasteiger partial charge >= 0.3 is 0 Å². The molecule has 0 aromatic heterocycles. The van der Waals surface area contributed by atoms with Gasteiger partial charge < -0.3 is 4.89 Å². The fourth-order valence-corrected chi connectivity index (χ4v) is 5.33. The first-order valence-corrected chi connectivity index (χ1v) is 9.64. The molecule has 0 fully saturated rings. The van der Waals surface area contributed by atoms with Crippen molar-refractivity contribution in [1.82, 2.24) is 0 Å². The summed E-state index contributed by atoms with van der Waals surface area (Å²) in [5, 5.41) is -0.394. The molecule has 0 amide bonds. The molecule has 1 N–H and O–H groups in total. The summed E-state index contributed by atoms with van der Waals surface area (Å²) in [4.78, 5) is 10.6. The summed E-state index contributed by atoms with van der Waals surface area (Å²) in [6, 6.07) is 0. The van der Waals surface area contributed by atoms with Crippen molar-refractivity contribution in [3.63, 3.8) is 0 Å². The van der Waals surface area contributed by atoms with Crippen molar-refractivity contribution in [3.8, 4) is 0 Å². The van der Waals surface area contributed by atoms with E-state index in [2.05, 4.69) is 34.6 Å². The third-order valence-corrected chi connectivity index (χ3v) is 7.54. The van der Waals surface area contributed by atoms with E-state index >= 15 is 0 Å². The third-order valence-electron chi connectivity index (χ3n) is 4.19. The molecule has 3 heteroatoms. The van der Waals surface area contributed by atoms with E-state index in [0.29, 0.717) is 12.1 Å². The van der Waals surface area contributed by atoms with Crippen LogP contribution in [0.5, 0.6) is 0 Å². The quantitative estimate of drug-likeness (QED) is 0.583. The van der Waals surface area contributed by atoms with Gasteiger partial charge in [-0.15, -0.1) is 0 Å². The van der Waals surface area contributed by atoms with Gasteiger partial charge in [0, 0.05) is 11.3 Å². The Morgan fingerprint density at radius 1 is 1.16 bits per heavy atom. The molecule has 116 valence electrons. The Kier molecular flexibility index (Phi) is 7.34. The van der Waals surface area contributed by atoms with Gasteiger partial charge in [0.15, 0.2) is 0 Å². The molecule has 2 nitrogen and oxygen atoms in total. The molecule has 0 aromatic carbocycles. The fourth-order valence-electron chi connectivity index (χ4n) is 2.91. The lowest BCUT2D eigenvalue weighted by Gasteiger charge is -2.36. The lowest BCUT2D eigenvalue weighted by Crippen LogP contribution is -2.27. The van der Waals surface area contributed by atoms with Crippen LogP contribution in [0.2, 0.25) is 0 Å². The Hall–Kier alpha value is 0.190. The molecule has 0 aliphatic heterocycles. The molecule has 0 spiro atoms. The number of unbranched alkanes of at least 4 members (excludes halogenated alkanes) is 1. The zero-order valence-electron chi connectivity index (χ0n) is 14.1. The molecule has 0 radical (unpaired) electrons. The molecule has 0 aromatic rings. The molecule has 0 saturated heterocycles. The van der Waals surface area contributed by atoms with Gasteiger partial charge in [-0.2, -0.15) is 0 Å². The van der Waals surface area contributed by atoms with Crippen molar-refractivity contribution in [1.29, 1.82) is 0 Å². The molecule has 3 atom stereocenters. The van der Waals surface area contributed by atoms with E-state index in [-0.39, 0.29) is 5.41 Å². The molecular formula is C16H35O2P. The first-order chi connectivity index (χ1) is 8.47. The van der Waals surface area contributed by atoms with Crippen molar-refractivity contribution in [2.75, 3.05) is 6.16 Å². The summed E-state index contributed by atoms with van der Waals surface area (Å²) in [5.74, 6) is 0.309. The van der Waals surface area contributed by atoms with E-state index in [1.54, 1.807) is 0 Å². The summed E-state index contributed by atoms with van der Waals surface area (Å²) in [6.45, 7) is 14.9. The van der Waals surface area contributed by atoms with Gasteiger partial charge in [-0.05, 0) is 30.6 Å². The van der Waals surface area contributed by atoms with Crippen molar-refractivity contribution in [2.45, 2.75) is 85.7 Å². The second-order valence-electron chi connectivity index (χ2n) is 7.71. The highest BCUT2D eigenvalue weighted by Crippen LogP contribution is 2.59. The molecule has 0 aliphatic rings. The maximum atomic E-state index is 12.8. The number of rotatable bonds is 8. The van der Waals surface area contributed by atoms with Gasteiger partial charge in [-0.25, -0.2) is 0 Å². The van der Waals surface area contributed by atoms with E-state index in [1.165, 1.54) is 0 Å². The van der Waals surface area contributed by atoms with Gasteiger partial charge in [0.1, 0.15) is 0 Å². The van der Waals surface area contributed by atoms with Crippen LogP contribution in [0.4, 0.5) is 0 Å². The molecule has 0 rings (SSSR count). The van der Waals surface area contributed by atoms with Gasteiger partial charge in [-0.1, -0.05) is 61.3 Å². The maximum absolute atomic E-state index is 12.8. The Morgan fingerprint density at radius 3 is 2.05 bits per heavy atom. The van der Waals surface area contributed by atoms with Crippen LogP contribution in [-0.4, -0.2) is 16.2 Å². The van der Waals surface area contributed by atoms with Gasteiger partial charge in [0.2, 0.25) is 7.37 Å². The normalized spacial score (nSPS) is 20.6. The predicted octanol–water partition coefficient (Wildman–Crippen LogP) is 5.69. The topological polar surface area (TPSA) is 37.3 Å². The third kappa shape index (κ3) is 6.45. The highest BCUT2D eigenvalue weighted by Gasteiger charge is 2.41. The highest BCUT2D eigenvalue weighted by molar-refractivity contribution is 7.59.